The molecule has 14 heavy (non-hydrogen) atoms. The van der Waals surface area contributed by atoms with Gasteiger partial charge in [-0.05, 0) is 18.8 Å². The molecule has 1 atom stereocenters. The van der Waals surface area contributed by atoms with Gasteiger partial charge in [-0.1, -0.05) is 32.1 Å². The van der Waals surface area contributed by atoms with Crippen molar-refractivity contribution in [2.75, 3.05) is 6.61 Å². The molecule has 1 rings (SSSR count). The minimum atomic E-state index is -1.18. The van der Waals surface area contributed by atoms with Crippen LogP contribution in [0, 0.1) is 12.3 Å². The predicted molar refractivity (Wildman–Crippen MR) is 56.3 cm³/mol. The Bertz CT molecular complexity index is 153. The Kier molecular flexibility index (Phi) is 4.85. The summed E-state index contributed by atoms with van der Waals surface area (Å²) in [6, 6.07) is 0. The van der Waals surface area contributed by atoms with Crippen molar-refractivity contribution in [2.24, 2.45) is 11.7 Å². The minimum Gasteiger partial charge on any atom is -0.396 e. The quantitative estimate of drug-likeness (QED) is 0.584. The van der Waals surface area contributed by atoms with Crippen LogP contribution in [-0.2, 0) is 0 Å². The van der Waals surface area contributed by atoms with E-state index in [2.05, 4.69) is 0 Å². The van der Waals surface area contributed by atoms with Crippen molar-refractivity contribution in [3.63, 3.8) is 0 Å². The van der Waals surface area contributed by atoms with Crippen LogP contribution in [0.1, 0.15) is 44.9 Å². The third kappa shape index (κ3) is 4.40. The Hall–Kier alpha value is -0.120. The largest absolute Gasteiger partial charge is 0.396 e. The Balaban J connectivity index is 2.25. The van der Waals surface area contributed by atoms with Crippen molar-refractivity contribution < 1.29 is 10.2 Å². The zero-order valence-corrected chi connectivity index (χ0v) is 8.78. The summed E-state index contributed by atoms with van der Waals surface area (Å²) in [6.07, 6.45) is 8.97. The highest BCUT2D eigenvalue weighted by molar-refractivity contribution is 4.89. The summed E-state index contributed by atoms with van der Waals surface area (Å²) >= 11 is 0. The van der Waals surface area contributed by atoms with Gasteiger partial charge in [-0.15, -0.1) is 0 Å². The van der Waals surface area contributed by atoms with Crippen molar-refractivity contribution in [1.29, 1.82) is 0 Å². The average Bonchev–Trinajstić information content (AvgIpc) is 2.16. The molecular weight excluding hydrogens is 178 g/mol. The molecule has 1 saturated carbocycles. The molecule has 3 nitrogen and oxygen atoms in total. The SMILES string of the molecule is NC(O)([CH]CCO)CC1CCCCC1. The number of rotatable bonds is 5. The van der Waals surface area contributed by atoms with Gasteiger partial charge in [0.2, 0.25) is 0 Å². The third-order valence-electron chi connectivity index (χ3n) is 2.97. The van der Waals surface area contributed by atoms with E-state index in [1.54, 1.807) is 6.42 Å². The van der Waals surface area contributed by atoms with Crippen molar-refractivity contribution in [3.8, 4) is 0 Å². The molecule has 0 spiro atoms. The summed E-state index contributed by atoms with van der Waals surface area (Å²) < 4.78 is 0. The highest BCUT2D eigenvalue weighted by Crippen LogP contribution is 2.30. The number of nitrogens with two attached hydrogens (primary N) is 1. The molecule has 1 aliphatic carbocycles. The lowest BCUT2D eigenvalue weighted by atomic mass is 9.83. The molecule has 0 aliphatic heterocycles. The van der Waals surface area contributed by atoms with Crippen LogP contribution in [0.2, 0.25) is 0 Å². The van der Waals surface area contributed by atoms with Crippen LogP contribution in [0.3, 0.4) is 0 Å². The minimum absolute atomic E-state index is 0.0597. The lowest BCUT2D eigenvalue weighted by Gasteiger charge is -2.30. The molecule has 1 radical (unpaired) electrons. The molecule has 4 N–H and O–H groups in total. The summed E-state index contributed by atoms with van der Waals surface area (Å²) in [5, 5.41) is 18.4. The molecule has 0 aromatic rings. The molecule has 0 heterocycles. The fourth-order valence-corrected chi connectivity index (χ4v) is 2.25. The molecule has 0 bridgehead atoms. The summed E-state index contributed by atoms with van der Waals surface area (Å²) in [5.41, 5.74) is 4.55. The van der Waals surface area contributed by atoms with Gasteiger partial charge in [0.25, 0.3) is 0 Å². The van der Waals surface area contributed by atoms with E-state index >= 15 is 0 Å². The van der Waals surface area contributed by atoms with Crippen LogP contribution in [-0.4, -0.2) is 22.5 Å². The van der Waals surface area contributed by atoms with Crippen molar-refractivity contribution in [3.05, 3.63) is 6.42 Å². The Morgan fingerprint density at radius 1 is 1.29 bits per heavy atom. The maximum Gasteiger partial charge on any atom is 0.117 e. The summed E-state index contributed by atoms with van der Waals surface area (Å²) in [4.78, 5) is 0. The fourth-order valence-electron chi connectivity index (χ4n) is 2.25. The first-order valence-corrected chi connectivity index (χ1v) is 5.60. The molecule has 0 saturated heterocycles. The van der Waals surface area contributed by atoms with Crippen molar-refractivity contribution >= 4 is 0 Å². The molecule has 0 aromatic carbocycles. The summed E-state index contributed by atoms with van der Waals surface area (Å²) in [6.45, 7) is 0.0597. The third-order valence-corrected chi connectivity index (χ3v) is 2.97. The second-order valence-electron chi connectivity index (χ2n) is 4.42. The topological polar surface area (TPSA) is 66.5 Å². The molecule has 3 heteroatoms. The van der Waals surface area contributed by atoms with Gasteiger partial charge in [-0.2, -0.15) is 0 Å². The molecule has 0 amide bonds. The van der Waals surface area contributed by atoms with Crippen molar-refractivity contribution in [1.82, 2.24) is 0 Å². The van der Waals surface area contributed by atoms with Gasteiger partial charge in [-0.3, -0.25) is 0 Å². The number of hydrogen-bond acceptors (Lipinski definition) is 3. The van der Waals surface area contributed by atoms with Crippen molar-refractivity contribution in [2.45, 2.75) is 50.7 Å². The van der Waals surface area contributed by atoms with Gasteiger partial charge in [0.15, 0.2) is 0 Å². The standard InChI is InChI=1S/C11H22NO2/c12-11(14,7-4-8-13)9-10-5-2-1-3-6-10/h7,10,13-14H,1-6,8-9,12H2. The first-order chi connectivity index (χ1) is 6.64. The molecule has 1 fully saturated rings. The number of aliphatic hydroxyl groups excluding tert-OH is 1. The molecule has 1 aliphatic rings. The molecule has 0 aromatic heterocycles. The average molecular weight is 200 g/mol. The van der Waals surface area contributed by atoms with E-state index in [4.69, 9.17) is 10.8 Å². The van der Waals surface area contributed by atoms with Crippen LogP contribution in [0.25, 0.3) is 0 Å². The normalized spacial score (nSPS) is 23.4. The monoisotopic (exact) mass is 200 g/mol. The zero-order valence-electron chi connectivity index (χ0n) is 8.78. The van der Waals surface area contributed by atoms with Crippen LogP contribution in [0.5, 0.6) is 0 Å². The predicted octanol–water partition coefficient (Wildman–Crippen LogP) is 1.19. The number of hydrogen-bond donors (Lipinski definition) is 3. The van der Waals surface area contributed by atoms with E-state index in [-0.39, 0.29) is 6.61 Å². The Morgan fingerprint density at radius 3 is 2.50 bits per heavy atom. The van der Waals surface area contributed by atoms with Gasteiger partial charge in [0.1, 0.15) is 5.72 Å². The van der Waals surface area contributed by atoms with Gasteiger partial charge < -0.3 is 15.9 Å². The van der Waals surface area contributed by atoms with Crippen LogP contribution >= 0.6 is 0 Å². The molecule has 1 unspecified atom stereocenters. The lowest BCUT2D eigenvalue weighted by molar-refractivity contribution is 0.0409. The Morgan fingerprint density at radius 2 is 1.93 bits per heavy atom. The first kappa shape index (κ1) is 12.0. The smallest absolute Gasteiger partial charge is 0.117 e. The second kappa shape index (κ2) is 5.69. The highest BCUT2D eigenvalue weighted by Gasteiger charge is 2.26. The molecule has 83 valence electrons. The zero-order chi connectivity index (χ0) is 10.4. The van der Waals surface area contributed by atoms with E-state index in [9.17, 15) is 5.11 Å². The maximum atomic E-state index is 9.81. The highest BCUT2D eigenvalue weighted by atomic mass is 16.3. The van der Waals surface area contributed by atoms with E-state index in [1.807, 2.05) is 0 Å². The van der Waals surface area contributed by atoms with E-state index < -0.39 is 5.72 Å². The summed E-state index contributed by atoms with van der Waals surface area (Å²) in [7, 11) is 0. The van der Waals surface area contributed by atoms with Crippen LogP contribution < -0.4 is 5.73 Å². The molecular formula is C11H22NO2. The van der Waals surface area contributed by atoms with E-state index in [1.165, 1.54) is 32.1 Å². The fraction of sp³-hybridized carbons (Fsp3) is 0.909. The number of aliphatic hydroxyl groups is 2. The van der Waals surface area contributed by atoms with E-state index in [0.29, 0.717) is 18.8 Å². The second-order valence-corrected chi connectivity index (χ2v) is 4.42. The summed E-state index contributed by atoms with van der Waals surface area (Å²) in [5.74, 6) is 0.564. The first-order valence-electron chi connectivity index (χ1n) is 5.60. The van der Waals surface area contributed by atoms with E-state index in [0.717, 1.165) is 0 Å². The Labute approximate surface area is 86.3 Å². The van der Waals surface area contributed by atoms with Crippen LogP contribution in [0.15, 0.2) is 0 Å². The maximum absolute atomic E-state index is 9.81. The van der Waals surface area contributed by atoms with Gasteiger partial charge in [0, 0.05) is 13.0 Å². The van der Waals surface area contributed by atoms with Gasteiger partial charge in [0.05, 0.1) is 0 Å². The van der Waals surface area contributed by atoms with Crippen LogP contribution in [0.4, 0.5) is 0 Å². The van der Waals surface area contributed by atoms with Gasteiger partial charge >= 0.3 is 0 Å². The lowest BCUT2D eigenvalue weighted by Crippen LogP contribution is -2.42. The van der Waals surface area contributed by atoms with Gasteiger partial charge in [-0.25, -0.2) is 0 Å².